The van der Waals surface area contributed by atoms with E-state index in [0.717, 1.165) is 22.7 Å². The number of rotatable bonds is 4. The lowest BCUT2D eigenvalue weighted by molar-refractivity contribution is 0.0879. The number of hydrogen-bond donors (Lipinski definition) is 4. The highest BCUT2D eigenvalue weighted by Crippen LogP contribution is 2.46. The largest absolute Gasteiger partial charge is 0.489 e. The van der Waals surface area contributed by atoms with Gasteiger partial charge in [0.2, 0.25) is 23.0 Å². The Hall–Kier alpha value is -6.58. The number of alkyl halides is 2. The molecular formula is C40H34F2N8O8S2. The molecule has 0 radical (unpaired) electrons. The van der Waals surface area contributed by atoms with Crippen molar-refractivity contribution in [3.8, 4) is 57.7 Å². The fourth-order valence-corrected chi connectivity index (χ4v) is 7.71. The van der Waals surface area contributed by atoms with Crippen LogP contribution in [0, 0.1) is 37.5 Å². The van der Waals surface area contributed by atoms with Gasteiger partial charge in [-0.3, -0.25) is 9.59 Å². The fourth-order valence-electron chi connectivity index (χ4n) is 5.80. The van der Waals surface area contributed by atoms with E-state index in [9.17, 15) is 19.8 Å². The number of aryl methyl sites for hydroxylation is 2. The molecule has 0 spiro atoms. The van der Waals surface area contributed by atoms with E-state index in [4.69, 9.17) is 29.8 Å². The summed E-state index contributed by atoms with van der Waals surface area (Å²) in [5.41, 5.74) is 6.23. The summed E-state index contributed by atoms with van der Waals surface area (Å²) in [5, 5.41) is 36.1. The van der Waals surface area contributed by atoms with Crippen LogP contribution in [0.1, 0.15) is 91.7 Å². The quantitative estimate of drug-likeness (QED) is 0.173. The summed E-state index contributed by atoms with van der Waals surface area (Å²) in [6.07, 6.45) is 0. The highest BCUT2D eigenvalue weighted by atomic mass is 32.1. The number of carbonyl (C=O) groups is 2. The molecule has 6 aromatic rings. The Kier molecular flexibility index (Phi) is 10.5. The monoisotopic (exact) mass is 856 g/mol. The van der Waals surface area contributed by atoms with Crippen molar-refractivity contribution in [3.63, 3.8) is 0 Å². The molecular weight excluding hydrogens is 823 g/mol. The SMILES string of the molecule is Cc1nnc([C@](C)(O)C#Cc2ccc3c(c2)-c2nc(C(N)=O)sc2[C@](C)(F)CO3)o1.Cc1nnc([C@](C)(O)C#Cc2ccc3c(c2)-c2nc(C(N)=O)sc2[C@](C)(F)CO3)o1. The number of halogens is 2. The second-order valence-electron chi connectivity index (χ2n) is 14.4. The van der Waals surface area contributed by atoms with E-state index < -0.39 is 34.4 Å². The summed E-state index contributed by atoms with van der Waals surface area (Å²) in [4.78, 5) is 32.2. The number of hydrogen-bond acceptors (Lipinski definition) is 16. The van der Waals surface area contributed by atoms with Gasteiger partial charge in [-0.25, -0.2) is 18.7 Å². The van der Waals surface area contributed by atoms with Gasteiger partial charge in [-0.1, -0.05) is 23.7 Å². The lowest BCUT2D eigenvalue weighted by Crippen LogP contribution is -2.22. The smallest absolute Gasteiger partial charge is 0.277 e. The maximum Gasteiger partial charge on any atom is 0.277 e. The summed E-state index contributed by atoms with van der Waals surface area (Å²) in [6.45, 7) is 8.36. The lowest BCUT2D eigenvalue weighted by atomic mass is 10.0. The van der Waals surface area contributed by atoms with Crippen molar-refractivity contribution in [2.24, 2.45) is 11.5 Å². The predicted molar refractivity (Wildman–Crippen MR) is 211 cm³/mol. The first-order valence-corrected chi connectivity index (χ1v) is 19.4. The third-order valence-corrected chi connectivity index (χ3v) is 11.5. The molecule has 16 nitrogen and oxygen atoms in total. The van der Waals surface area contributed by atoms with Crippen LogP contribution in [-0.4, -0.2) is 65.6 Å². The number of carbonyl (C=O) groups excluding carboxylic acids is 2. The molecule has 2 aliphatic rings. The van der Waals surface area contributed by atoms with Crippen molar-refractivity contribution in [1.29, 1.82) is 0 Å². The predicted octanol–water partition coefficient (Wildman–Crippen LogP) is 4.87. The number of thiazole rings is 2. The first kappa shape index (κ1) is 41.6. The van der Waals surface area contributed by atoms with Gasteiger partial charge in [-0.05, 0) is 64.1 Å². The molecule has 0 fully saturated rings. The number of ether oxygens (including phenoxy) is 2. The number of amides is 2. The number of nitrogens with zero attached hydrogens (tertiary/aromatic N) is 6. The number of primary amides is 2. The summed E-state index contributed by atoms with van der Waals surface area (Å²) >= 11 is 1.81. The molecule has 308 valence electrons. The molecule has 0 aliphatic carbocycles. The molecule has 20 heteroatoms. The molecule has 2 aromatic carbocycles. The summed E-state index contributed by atoms with van der Waals surface area (Å²) in [6, 6.07) is 9.93. The molecule has 0 saturated heterocycles. The van der Waals surface area contributed by atoms with Crippen molar-refractivity contribution >= 4 is 34.5 Å². The third-order valence-electron chi connectivity index (χ3n) is 8.88. The van der Waals surface area contributed by atoms with Gasteiger partial charge >= 0.3 is 0 Å². The van der Waals surface area contributed by atoms with E-state index in [1.807, 2.05) is 0 Å². The molecule has 0 unspecified atom stereocenters. The zero-order valence-corrected chi connectivity index (χ0v) is 34.3. The zero-order valence-electron chi connectivity index (χ0n) is 32.6. The van der Waals surface area contributed by atoms with E-state index in [2.05, 4.69) is 54.0 Å². The van der Waals surface area contributed by atoms with Crippen LogP contribution in [0.4, 0.5) is 8.78 Å². The van der Waals surface area contributed by atoms with Crippen LogP contribution in [-0.2, 0) is 22.5 Å². The van der Waals surface area contributed by atoms with E-state index >= 15 is 8.78 Å². The molecule has 8 rings (SSSR count). The molecule has 0 bridgehead atoms. The minimum Gasteiger partial charge on any atom is -0.489 e. The van der Waals surface area contributed by atoms with Gasteiger partial charge in [0.1, 0.15) is 24.7 Å². The topological polar surface area (TPSA) is 249 Å². The summed E-state index contributed by atoms with van der Waals surface area (Å²) in [5.74, 6) is 11.0. The first-order chi connectivity index (χ1) is 28.1. The van der Waals surface area contributed by atoms with Gasteiger partial charge in [0.25, 0.3) is 23.6 Å². The van der Waals surface area contributed by atoms with Crippen molar-refractivity contribution in [3.05, 3.63) is 90.9 Å². The molecule has 0 saturated carbocycles. The Bertz CT molecular complexity index is 2630. The molecule has 6 heterocycles. The first-order valence-electron chi connectivity index (χ1n) is 17.8. The minimum atomic E-state index is -1.84. The van der Waals surface area contributed by atoms with Crippen LogP contribution >= 0.6 is 22.7 Å². The van der Waals surface area contributed by atoms with E-state index in [-0.39, 0.29) is 56.2 Å². The zero-order chi connectivity index (χ0) is 43.4. The summed E-state index contributed by atoms with van der Waals surface area (Å²) < 4.78 is 52.1. The second-order valence-corrected chi connectivity index (χ2v) is 16.4. The third kappa shape index (κ3) is 8.31. The Balaban J connectivity index is 0.000000181. The van der Waals surface area contributed by atoms with Crippen LogP contribution in [0.2, 0.25) is 0 Å². The van der Waals surface area contributed by atoms with Crippen molar-refractivity contribution < 1.29 is 46.9 Å². The van der Waals surface area contributed by atoms with Gasteiger partial charge < -0.3 is 40.0 Å². The number of fused-ring (bicyclic) bond motifs is 6. The van der Waals surface area contributed by atoms with E-state index in [1.54, 1.807) is 50.2 Å². The molecule has 2 aliphatic heterocycles. The van der Waals surface area contributed by atoms with E-state index in [1.165, 1.54) is 27.7 Å². The van der Waals surface area contributed by atoms with Crippen LogP contribution in [0.3, 0.4) is 0 Å². The molecule has 4 aromatic heterocycles. The van der Waals surface area contributed by atoms with Crippen molar-refractivity contribution in [2.45, 2.75) is 64.1 Å². The molecule has 6 N–H and O–H groups in total. The van der Waals surface area contributed by atoms with Gasteiger partial charge in [0, 0.05) is 36.1 Å². The van der Waals surface area contributed by atoms with Gasteiger partial charge in [0.15, 0.2) is 21.4 Å². The van der Waals surface area contributed by atoms with Gasteiger partial charge in [-0.2, -0.15) is 0 Å². The highest BCUT2D eigenvalue weighted by Gasteiger charge is 2.39. The molecule has 4 atom stereocenters. The van der Waals surface area contributed by atoms with Crippen LogP contribution < -0.4 is 20.9 Å². The average molecular weight is 857 g/mol. The fraction of sp³-hybridized carbons (Fsp3) is 0.300. The molecule has 2 amide bonds. The number of benzene rings is 2. The Morgan fingerprint density at radius 1 is 0.717 bits per heavy atom. The van der Waals surface area contributed by atoms with Crippen LogP contribution in [0.25, 0.3) is 22.5 Å². The maximum atomic E-state index is 15.2. The number of aliphatic hydroxyl groups is 2. The minimum absolute atomic E-state index is 0.0166. The number of nitrogens with two attached hydrogens (primary N) is 2. The normalized spacial score (nSPS) is 19.4. The Morgan fingerprint density at radius 3 is 1.43 bits per heavy atom. The average Bonchev–Trinajstić information content (AvgIpc) is 4.01. The van der Waals surface area contributed by atoms with Gasteiger partial charge in [0.05, 0.1) is 21.1 Å². The second kappa shape index (κ2) is 15.2. The Labute approximate surface area is 348 Å². The number of aromatic nitrogens is 6. The lowest BCUT2D eigenvalue weighted by Gasteiger charge is -2.16. The van der Waals surface area contributed by atoms with Gasteiger partial charge in [-0.15, -0.1) is 43.1 Å². The van der Waals surface area contributed by atoms with Crippen LogP contribution in [0.15, 0.2) is 45.2 Å². The van der Waals surface area contributed by atoms with Crippen molar-refractivity contribution in [1.82, 2.24) is 30.4 Å². The van der Waals surface area contributed by atoms with Crippen molar-refractivity contribution in [2.75, 3.05) is 13.2 Å². The highest BCUT2D eigenvalue weighted by molar-refractivity contribution is 7.14. The van der Waals surface area contributed by atoms with Crippen LogP contribution in [0.5, 0.6) is 11.5 Å². The van der Waals surface area contributed by atoms with E-state index in [0.29, 0.717) is 45.5 Å². The standard InChI is InChI=1S/2C20H17FN4O4S/c2*1-10-24-25-18(29-10)20(3,27)7-6-11-4-5-13-12(8-11)14-15(19(2,21)9-28-13)30-17(23-14)16(22)26/h2*4-5,8,27H,9H2,1-3H3,(H2,22,26)/t2*19-,20-/m11/s1. The molecule has 60 heavy (non-hydrogen) atoms. The Morgan fingerprint density at radius 2 is 1.10 bits per heavy atom. The summed E-state index contributed by atoms with van der Waals surface area (Å²) in [7, 11) is 0. The maximum absolute atomic E-state index is 15.2.